The number of nitrogens with one attached hydrogen (secondary N) is 1. The van der Waals surface area contributed by atoms with Crippen LogP contribution in [-0.2, 0) is 14.8 Å². The lowest BCUT2D eigenvalue weighted by molar-refractivity contribution is -0.123. The van der Waals surface area contributed by atoms with Gasteiger partial charge >= 0.3 is 0 Å². The zero-order valence-corrected chi connectivity index (χ0v) is 17.5. The smallest absolute Gasteiger partial charge is 0.248 e. The normalized spacial score (nSPS) is 21.3. The Morgan fingerprint density at radius 3 is 2.84 bits per heavy atom. The number of nitrogens with zero attached hydrogens (tertiary/aromatic N) is 1. The van der Waals surface area contributed by atoms with E-state index in [1.807, 2.05) is 0 Å². The van der Waals surface area contributed by atoms with E-state index in [4.69, 9.17) is 16.3 Å². The number of methoxy groups -OCH3 is 1. The van der Waals surface area contributed by atoms with E-state index >= 15 is 0 Å². The molecule has 0 aromatic heterocycles. The van der Waals surface area contributed by atoms with E-state index in [9.17, 15) is 13.2 Å². The quantitative estimate of drug-likeness (QED) is 0.693. The number of thioether (sulfide) groups is 1. The number of rotatable bonds is 6. The summed E-state index contributed by atoms with van der Waals surface area (Å²) in [5.74, 6) is 1.11. The third-order valence-corrected chi connectivity index (χ3v) is 8.01. The molecule has 1 N–H and O–H groups in total. The molecule has 1 aromatic carbocycles. The summed E-state index contributed by atoms with van der Waals surface area (Å²) in [6.07, 6.45) is 2.24. The fraction of sp³-hybridized carbons (Fsp3) is 0.533. The zero-order chi connectivity index (χ0) is 18.2. The summed E-state index contributed by atoms with van der Waals surface area (Å²) in [6.45, 7) is 0.611. The van der Waals surface area contributed by atoms with Gasteiger partial charge in [-0.3, -0.25) is 4.79 Å². The lowest BCUT2D eigenvalue weighted by Crippen LogP contribution is -2.47. The Morgan fingerprint density at radius 2 is 2.20 bits per heavy atom. The summed E-state index contributed by atoms with van der Waals surface area (Å²) < 4.78 is 33.2. The van der Waals surface area contributed by atoms with Gasteiger partial charge in [0.1, 0.15) is 10.9 Å². The number of hydrogen-bond donors (Lipinski definition) is 1. The molecule has 3 rings (SSSR count). The summed E-state index contributed by atoms with van der Waals surface area (Å²) in [6, 6.07) is 2.19. The van der Waals surface area contributed by atoms with E-state index in [1.165, 1.54) is 29.2 Å². The van der Waals surface area contributed by atoms with Crippen molar-refractivity contribution in [3.63, 3.8) is 0 Å². The standard InChI is InChI=1S/C15H18BrClN2O4S2/c1-23-14-11(16)4-10(17)5-13(14)25(21,22)19-8-24-7-12(19)15(20)18-6-9-2-3-9/h4-5,9,12H,2-3,6-8H2,1H3,(H,18,20). The maximum Gasteiger partial charge on any atom is 0.248 e. The van der Waals surface area contributed by atoms with Crippen LogP contribution in [0.4, 0.5) is 0 Å². The molecule has 1 saturated carbocycles. The van der Waals surface area contributed by atoms with E-state index < -0.39 is 16.1 Å². The van der Waals surface area contributed by atoms with Crippen LogP contribution in [0.5, 0.6) is 5.75 Å². The van der Waals surface area contributed by atoms with Crippen molar-refractivity contribution in [3.8, 4) is 5.75 Å². The molecule has 1 aromatic rings. The van der Waals surface area contributed by atoms with Crippen molar-refractivity contribution in [3.05, 3.63) is 21.6 Å². The first-order chi connectivity index (χ1) is 11.8. The second-order valence-corrected chi connectivity index (χ2v) is 10.2. The summed E-state index contributed by atoms with van der Waals surface area (Å²) in [4.78, 5) is 12.4. The van der Waals surface area contributed by atoms with Gasteiger partial charge in [-0.1, -0.05) is 11.6 Å². The highest BCUT2D eigenvalue weighted by Gasteiger charge is 2.41. The highest BCUT2D eigenvalue weighted by atomic mass is 79.9. The van der Waals surface area contributed by atoms with Gasteiger partial charge in [-0.25, -0.2) is 8.42 Å². The molecule has 0 radical (unpaired) electrons. The molecule has 0 spiro atoms. The van der Waals surface area contributed by atoms with E-state index in [0.717, 1.165) is 12.8 Å². The van der Waals surface area contributed by atoms with Gasteiger partial charge in [0.15, 0.2) is 5.75 Å². The number of halogens is 2. The summed E-state index contributed by atoms with van der Waals surface area (Å²) >= 11 is 10.7. The summed E-state index contributed by atoms with van der Waals surface area (Å²) in [5, 5.41) is 3.14. The molecule has 10 heteroatoms. The van der Waals surface area contributed by atoms with Gasteiger partial charge in [-0.15, -0.1) is 11.8 Å². The van der Waals surface area contributed by atoms with E-state index in [2.05, 4.69) is 21.2 Å². The zero-order valence-electron chi connectivity index (χ0n) is 13.5. The van der Waals surface area contributed by atoms with Crippen molar-refractivity contribution in [2.24, 2.45) is 5.92 Å². The van der Waals surface area contributed by atoms with Crippen LogP contribution in [-0.4, -0.2) is 50.0 Å². The van der Waals surface area contributed by atoms with Crippen molar-refractivity contribution in [2.45, 2.75) is 23.8 Å². The van der Waals surface area contributed by atoms with Gasteiger partial charge in [0.2, 0.25) is 15.9 Å². The van der Waals surface area contributed by atoms with Crippen LogP contribution >= 0.6 is 39.3 Å². The maximum atomic E-state index is 13.2. The lowest BCUT2D eigenvalue weighted by atomic mass is 10.3. The second-order valence-electron chi connectivity index (χ2n) is 6.02. The molecule has 1 atom stereocenters. The minimum absolute atomic E-state index is 0.0446. The van der Waals surface area contributed by atoms with E-state index in [1.54, 1.807) is 6.07 Å². The molecule has 25 heavy (non-hydrogen) atoms. The number of sulfonamides is 1. The van der Waals surface area contributed by atoms with Gasteiger partial charge < -0.3 is 10.1 Å². The Kier molecular flexibility index (Phi) is 5.89. The third kappa shape index (κ3) is 4.10. The van der Waals surface area contributed by atoms with Gasteiger partial charge in [0, 0.05) is 17.3 Å². The lowest BCUT2D eigenvalue weighted by Gasteiger charge is -2.24. The van der Waals surface area contributed by atoms with Crippen LogP contribution in [0.2, 0.25) is 5.02 Å². The average molecular weight is 470 g/mol. The molecular formula is C15H18BrClN2O4S2. The third-order valence-electron chi connectivity index (χ3n) is 4.17. The number of hydrogen-bond acceptors (Lipinski definition) is 5. The Balaban J connectivity index is 1.89. The van der Waals surface area contributed by atoms with Crippen LogP contribution in [0.3, 0.4) is 0 Å². The molecule has 138 valence electrons. The van der Waals surface area contributed by atoms with Crippen LogP contribution in [0.1, 0.15) is 12.8 Å². The molecular weight excluding hydrogens is 452 g/mol. The van der Waals surface area contributed by atoms with Crippen LogP contribution in [0, 0.1) is 5.92 Å². The van der Waals surface area contributed by atoms with Gasteiger partial charge in [0.25, 0.3) is 0 Å². The average Bonchev–Trinajstić information content (AvgIpc) is 3.24. The minimum atomic E-state index is -3.93. The Morgan fingerprint density at radius 1 is 1.48 bits per heavy atom. The number of ether oxygens (including phenoxy) is 1. The van der Waals surface area contributed by atoms with Crippen molar-refractivity contribution in [1.82, 2.24) is 9.62 Å². The van der Waals surface area contributed by atoms with Crippen molar-refractivity contribution < 1.29 is 17.9 Å². The fourth-order valence-corrected chi connectivity index (χ4v) is 7.13. The minimum Gasteiger partial charge on any atom is -0.494 e. The van der Waals surface area contributed by atoms with Gasteiger partial charge in [-0.2, -0.15) is 4.31 Å². The van der Waals surface area contributed by atoms with E-state index in [0.29, 0.717) is 22.7 Å². The predicted octanol–water partition coefficient (Wildman–Crippen LogP) is 2.70. The van der Waals surface area contributed by atoms with Crippen LogP contribution in [0.15, 0.2) is 21.5 Å². The number of carbonyl (C=O) groups is 1. The predicted molar refractivity (Wildman–Crippen MR) is 102 cm³/mol. The molecule has 2 aliphatic rings. The van der Waals surface area contributed by atoms with Gasteiger partial charge in [-0.05, 0) is 46.8 Å². The van der Waals surface area contributed by atoms with Crippen molar-refractivity contribution in [2.75, 3.05) is 25.3 Å². The Labute approximate surface area is 164 Å². The SMILES string of the molecule is COc1c(Br)cc(Cl)cc1S(=O)(=O)N1CSCC1C(=O)NCC1CC1. The van der Waals surface area contributed by atoms with Gasteiger partial charge in [0.05, 0.1) is 17.5 Å². The molecule has 1 amide bonds. The van der Waals surface area contributed by atoms with Crippen LogP contribution < -0.4 is 10.1 Å². The van der Waals surface area contributed by atoms with Crippen molar-refractivity contribution >= 4 is 55.2 Å². The Bertz CT molecular complexity index is 786. The molecule has 2 fully saturated rings. The molecule has 6 nitrogen and oxygen atoms in total. The van der Waals surface area contributed by atoms with E-state index in [-0.39, 0.29) is 27.5 Å². The number of amides is 1. The summed E-state index contributed by atoms with van der Waals surface area (Å²) in [7, 11) is -2.54. The fourth-order valence-electron chi connectivity index (χ4n) is 2.61. The number of benzene rings is 1. The largest absolute Gasteiger partial charge is 0.494 e. The first-order valence-electron chi connectivity index (χ1n) is 7.75. The first kappa shape index (κ1) is 19.3. The first-order valence-corrected chi connectivity index (χ1v) is 11.5. The highest BCUT2D eigenvalue weighted by Crippen LogP contribution is 2.39. The molecule has 0 bridgehead atoms. The molecule has 1 aliphatic heterocycles. The monoisotopic (exact) mass is 468 g/mol. The Hall–Kier alpha value is -0.480. The van der Waals surface area contributed by atoms with Crippen molar-refractivity contribution in [1.29, 1.82) is 0 Å². The van der Waals surface area contributed by atoms with Crippen LogP contribution in [0.25, 0.3) is 0 Å². The summed E-state index contributed by atoms with van der Waals surface area (Å²) in [5.41, 5.74) is 0. The number of carbonyl (C=O) groups excluding carboxylic acids is 1. The molecule has 1 unspecified atom stereocenters. The molecule has 1 aliphatic carbocycles. The molecule has 1 saturated heterocycles. The molecule has 1 heterocycles. The second kappa shape index (κ2) is 7.64. The highest BCUT2D eigenvalue weighted by molar-refractivity contribution is 9.10. The topological polar surface area (TPSA) is 75.7 Å². The maximum absolute atomic E-state index is 13.2.